The summed E-state index contributed by atoms with van der Waals surface area (Å²) in [6.07, 6.45) is 1.18. The molecule has 0 aliphatic carbocycles. The maximum atomic E-state index is 11.5. The maximum Gasteiger partial charge on any atom is 0.419 e. The van der Waals surface area contributed by atoms with Gasteiger partial charge >= 0.3 is 5.76 Å². The molecule has 0 bridgehead atoms. The van der Waals surface area contributed by atoms with Gasteiger partial charge in [-0.1, -0.05) is 6.07 Å². The minimum absolute atomic E-state index is 0.300. The molecule has 1 fully saturated rings. The van der Waals surface area contributed by atoms with Gasteiger partial charge in [0.25, 0.3) is 0 Å². The van der Waals surface area contributed by atoms with E-state index >= 15 is 0 Å². The summed E-state index contributed by atoms with van der Waals surface area (Å²) in [5.41, 5.74) is 2.73. The summed E-state index contributed by atoms with van der Waals surface area (Å²) in [7, 11) is 1.73. The summed E-state index contributed by atoms with van der Waals surface area (Å²) in [6.45, 7) is 5.24. The van der Waals surface area contributed by atoms with E-state index < -0.39 is 0 Å². The zero-order valence-corrected chi connectivity index (χ0v) is 11.2. The molecular formula is C14H19N3O2. The number of rotatable bonds is 2. The highest BCUT2D eigenvalue weighted by Crippen LogP contribution is 2.16. The molecule has 19 heavy (non-hydrogen) atoms. The Morgan fingerprint density at radius 3 is 3.11 bits per heavy atom. The molecule has 5 heteroatoms. The molecule has 0 atom stereocenters. The molecule has 0 radical (unpaired) electrons. The van der Waals surface area contributed by atoms with E-state index in [1.807, 2.05) is 12.1 Å². The zero-order chi connectivity index (χ0) is 13.2. The van der Waals surface area contributed by atoms with Crippen LogP contribution >= 0.6 is 0 Å². The first-order valence-corrected chi connectivity index (χ1v) is 6.75. The molecule has 1 saturated heterocycles. The number of benzene rings is 1. The molecule has 0 amide bonds. The number of hydrogen-bond donors (Lipinski definition) is 1. The summed E-state index contributed by atoms with van der Waals surface area (Å²) in [5.74, 6) is -0.300. The topological polar surface area (TPSA) is 50.4 Å². The lowest BCUT2D eigenvalue weighted by atomic mass is 10.2. The van der Waals surface area contributed by atoms with Gasteiger partial charge in [-0.15, -0.1) is 0 Å². The minimum atomic E-state index is -0.300. The van der Waals surface area contributed by atoms with E-state index in [-0.39, 0.29) is 5.76 Å². The third kappa shape index (κ3) is 2.57. The SMILES string of the molecule is Cn1c(=O)oc2cc(CN3CCCNCC3)ccc21. The Hall–Kier alpha value is -1.59. The van der Waals surface area contributed by atoms with Crippen molar-refractivity contribution in [2.24, 2.45) is 7.05 Å². The van der Waals surface area contributed by atoms with Crippen LogP contribution in [0.15, 0.2) is 27.4 Å². The zero-order valence-electron chi connectivity index (χ0n) is 11.2. The highest BCUT2D eigenvalue weighted by Gasteiger charge is 2.11. The monoisotopic (exact) mass is 261 g/mol. The Morgan fingerprint density at radius 1 is 1.32 bits per heavy atom. The van der Waals surface area contributed by atoms with Gasteiger partial charge in [-0.3, -0.25) is 9.47 Å². The second-order valence-corrected chi connectivity index (χ2v) is 5.11. The summed E-state index contributed by atoms with van der Waals surface area (Å²) in [6, 6.07) is 6.02. The van der Waals surface area contributed by atoms with Crippen molar-refractivity contribution in [3.63, 3.8) is 0 Å². The number of hydrogen-bond acceptors (Lipinski definition) is 4. The second-order valence-electron chi connectivity index (χ2n) is 5.11. The molecule has 0 saturated carbocycles. The minimum Gasteiger partial charge on any atom is -0.408 e. The second kappa shape index (κ2) is 5.19. The van der Waals surface area contributed by atoms with Crippen molar-refractivity contribution in [3.8, 4) is 0 Å². The van der Waals surface area contributed by atoms with Crippen molar-refractivity contribution in [3.05, 3.63) is 34.3 Å². The molecule has 1 aliphatic heterocycles. The van der Waals surface area contributed by atoms with Gasteiger partial charge in [0.15, 0.2) is 5.58 Å². The molecule has 1 aromatic carbocycles. The fraction of sp³-hybridized carbons (Fsp3) is 0.500. The lowest BCUT2D eigenvalue weighted by molar-refractivity contribution is 0.284. The Balaban J connectivity index is 1.82. The molecule has 102 valence electrons. The molecule has 0 unspecified atom stereocenters. The number of nitrogens with one attached hydrogen (secondary N) is 1. The highest BCUT2D eigenvalue weighted by molar-refractivity contribution is 5.73. The Bertz CT molecular complexity index is 621. The number of fused-ring (bicyclic) bond motifs is 1. The Kier molecular flexibility index (Phi) is 3.40. The van der Waals surface area contributed by atoms with Gasteiger partial charge < -0.3 is 9.73 Å². The summed E-state index contributed by atoms with van der Waals surface area (Å²) in [5, 5.41) is 3.40. The van der Waals surface area contributed by atoms with Crippen molar-refractivity contribution >= 4 is 11.1 Å². The number of aromatic nitrogens is 1. The molecule has 1 aromatic heterocycles. The first kappa shape index (κ1) is 12.4. The van der Waals surface area contributed by atoms with Crippen LogP contribution in [-0.4, -0.2) is 35.6 Å². The lowest BCUT2D eigenvalue weighted by Gasteiger charge is -2.19. The number of oxazole rings is 1. The van der Waals surface area contributed by atoms with Crippen molar-refractivity contribution in [1.82, 2.24) is 14.8 Å². The van der Waals surface area contributed by atoms with Gasteiger partial charge in [0.2, 0.25) is 0 Å². The Morgan fingerprint density at radius 2 is 2.21 bits per heavy atom. The fourth-order valence-corrected chi connectivity index (χ4v) is 2.59. The fourth-order valence-electron chi connectivity index (χ4n) is 2.59. The quantitative estimate of drug-likeness (QED) is 0.873. The van der Waals surface area contributed by atoms with Crippen LogP contribution in [0.3, 0.4) is 0 Å². The van der Waals surface area contributed by atoms with Crippen LogP contribution < -0.4 is 11.1 Å². The normalized spacial score (nSPS) is 17.7. The average Bonchev–Trinajstić information content (AvgIpc) is 2.60. The maximum absolute atomic E-state index is 11.5. The van der Waals surface area contributed by atoms with Crippen LogP contribution in [0.5, 0.6) is 0 Å². The van der Waals surface area contributed by atoms with E-state index in [9.17, 15) is 4.79 Å². The predicted octanol–water partition coefficient (Wildman–Crippen LogP) is 0.927. The first-order chi connectivity index (χ1) is 9.24. The van der Waals surface area contributed by atoms with Crippen molar-refractivity contribution in [1.29, 1.82) is 0 Å². The Labute approximate surface area is 111 Å². The van der Waals surface area contributed by atoms with Crippen LogP contribution in [0.2, 0.25) is 0 Å². The van der Waals surface area contributed by atoms with Crippen molar-refractivity contribution in [2.45, 2.75) is 13.0 Å². The largest absolute Gasteiger partial charge is 0.419 e. The number of aryl methyl sites for hydroxylation is 1. The standard InChI is InChI=1S/C14H19N3O2/c1-16-12-4-3-11(9-13(12)19-14(16)18)10-17-7-2-5-15-6-8-17/h3-4,9,15H,2,5-8,10H2,1H3. The number of nitrogens with zero attached hydrogens (tertiary/aromatic N) is 2. The molecule has 5 nitrogen and oxygen atoms in total. The highest BCUT2D eigenvalue weighted by atomic mass is 16.4. The van der Waals surface area contributed by atoms with Crippen LogP contribution in [-0.2, 0) is 13.6 Å². The van der Waals surface area contributed by atoms with E-state index in [4.69, 9.17) is 4.42 Å². The molecule has 1 N–H and O–H groups in total. The summed E-state index contributed by atoms with van der Waals surface area (Å²) < 4.78 is 6.77. The van der Waals surface area contributed by atoms with Gasteiger partial charge in [-0.2, -0.15) is 0 Å². The third-order valence-electron chi connectivity index (χ3n) is 3.70. The van der Waals surface area contributed by atoms with E-state index in [0.717, 1.165) is 38.2 Å². The van der Waals surface area contributed by atoms with E-state index in [1.165, 1.54) is 16.6 Å². The molecule has 1 aliphatic rings. The van der Waals surface area contributed by atoms with Crippen LogP contribution in [0, 0.1) is 0 Å². The van der Waals surface area contributed by atoms with Crippen LogP contribution in [0.25, 0.3) is 11.1 Å². The van der Waals surface area contributed by atoms with Gasteiger partial charge in [0.1, 0.15) is 0 Å². The molecule has 2 heterocycles. The molecule has 0 spiro atoms. The smallest absolute Gasteiger partial charge is 0.408 e. The van der Waals surface area contributed by atoms with E-state index in [1.54, 1.807) is 7.05 Å². The van der Waals surface area contributed by atoms with E-state index in [2.05, 4.69) is 16.3 Å². The lowest BCUT2D eigenvalue weighted by Crippen LogP contribution is -2.27. The van der Waals surface area contributed by atoms with E-state index in [0.29, 0.717) is 5.58 Å². The summed E-state index contributed by atoms with van der Waals surface area (Å²) >= 11 is 0. The van der Waals surface area contributed by atoms with Crippen molar-refractivity contribution in [2.75, 3.05) is 26.2 Å². The predicted molar refractivity (Wildman–Crippen MR) is 74.2 cm³/mol. The van der Waals surface area contributed by atoms with Gasteiger partial charge in [-0.25, -0.2) is 4.79 Å². The van der Waals surface area contributed by atoms with Gasteiger partial charge in [0.05, 0.1) is 5.52 Å². The summed E-state index contributed by atoms with van der Waals surface area (Å²) in [4.78, 5) is 13.9. The molecule has 2 aromatic rings. The molecular weight excluding hydrogens is 242 g/mol. The van der Waals surface area contributed by atoms with Gasteiger partial charge in [-0.05, 0) is 37.2 Å². The average molecular weight is 261 g/mol. The van der Waals surface area contributed by atoms with Gasteiger partial charge in [0, 0.05) is 26.7 Å². The van der Waals surface area contributed by atoms with Crippen LogP contribution in [0.1, 0.15) is 12.0 Å². The third-order valence-corrected chi connectivity index (χ3v) is 3.70. The molecule has 3 rings (SSSR count). The first-order valence-electron chi connectivity index (χ1n) is 6.75. The van der Waals surface area contributed by atoms with Crippen molar-refractivity contribution < 1.29 is 4.42 Å². The van der Waals surface area contributed by atoms with Crippen LogP contribution in [0.4, 0.5) is 0 Å².